The highest BCUT2D eigenvalue weighted by Gasteiger charge is 2.35. The maximum atomic E-state index is 12.6. The van der Waals surface area contributed by atoms with Crippen molar-refractivity contribution in [1.29, 1.82) is 0 Å². The Labute approximate surface area is 171 Å². The Morgan fingerprint density at radius 2 is 1.79 bits per heavy atom. The summed E-state index contributed by atoms with van der Waals surface area (Å²) >= 11 is 0. The lowest BCUT2D eigenvalue weighted by atomic mass is 10.0. The number of nitrogens with zero attached hydrogens (tertiary/aromatic N) is 1. The molecule has 6 nitrogen and oxygen atoms in total. The molecule has 0 aliphatic carbocycles. The number of benzene rings is 2. The summed E-state index contributed by atoms with van der Waals surface area (Å²) in [4.78, 5) is 26.8. The van der Waals surface area contributed by atoms with Crippen LogP contribution in [-0.2, 0) is 16.1 Å². The summed E-state index contributed by atoms with van der Waals surface area (Å²) in [6.07, 6.45) is 0.226. The maximum absolute atomic E-state index is 12.6. The summed E-state index contributed by atoms with van der Waals surface area (Å²) in [5, 5.41) is 2.93. The van der Waals surface area contributed by atoms with E-state index in [1.54, 1.807) is 19.1 Å². The van der Waals surface area contributed by atoms with Crippen LogP contribution in [0.5, 0.6) is 11.5 Å². The lowest BCUT2D eigenvalue weighted by Gasteiger charge is -2.18. The largest absolute Gasteiger partial charge is 0.493 e. The standard InChI is InChI=1S/C23H28N2O4/c1-15(2)17-6-8-19(9-7-17)25-14-18(12-22(25)26)23(27)24-13-16-5-10-20(28-3)21(11-16)29-4/h5-11,15,18H,12-14H2,1-4H3,(H,24,27). The first-order valence-corrected chi connectivity index (χ1v) is 9.82. The van der Waals surface area contributed by atoms with Crippen molar-refractivity contribution in [2.75, 3.05) is 25.7 Å². The van der Waals surface area contributed by atoms with E-state index in [0.29, 0.717) is 30.5 Å². The summed E-state index contributed by atoms with van der Waals surface area (Å²) in [6, 6.07) is 13.5. The van der Waals surface area contributed by atoms with E-state index in [0.717, 1.165) is 11.3 Å². The molecule has 1 saturated heterocycles. The van der Waals surface area contributed by atoms with E-state index in [9.17, 15) is 9.59 Å². The first kappa shape index (κ1) is 20.7. The van der Waals surface area contributed by atoms with Gasteiger partial charge in [-0.25, -0.2) is 0 Å². The number of hydrogen-bond donors (Lipinski definition) is 1. The van der Waals surface area contributed by atoms with Crippen LogP contribution in [0.1, 0.15) is 37.3 Å². The summed E-state index contributed by atoms with van der Waals surface area (Å²) < 4.78 is 10.5. The zero-order chi connectivity index (χ0) is 21.0. The van der Waals surface area contributed by atoms with Crippen LogP contribution in [0, 0.1) is 5.92 Å². The Balaban J connectivity index is 1.60. The van der Waals surface area contributed by atoms with E-state index in [1.807, 2.05) is 42.5 Å². The van der Waals surface area contributed by atoms with E-state index >= 15 is 0 Å². The van der Waals surface area contributed by atoms with Crippen LogP contribution in [0.15, 0.2) is 42.5 Å². The lowest BCUT2D eigenvalue weighted by Crippen LogP contribution is -2.32. The normalized spacial score (nSPS) is 16.2. The Hall–Kier alpha value is -3.02. The fourth-order valence-corrected chi connectivity index (χ4v) is 3.50. The number of nitrogens with one attached hydrogen (secondary N) is 1. The topological polar surface area (TPSA) is 67.9 Å². The predicted octanol–water partition coefficient (Wildman–Crippen LogP) is 3.50. The van der Waals surface area contributed by atoms with Gasteiger partial charge in [-0.1, -0.05) is 32.0 Å². The van der Waals surface area contributed by atoms with Crippen LogP contribution < -0.4 is 19.7 Å². The molecule has 0 aromatic heterocycles. The van der Waals surface area contributed by atoms with Crippen LogP contribution in [0.4, 0.5) is 5.69 Å². The summed E-state index contributed by atoms with van der Waals surface area (Å²) in [7, 11) is 3.16. The molecule has 1 aliphatic heterocycles. The molecule has 154 valence electrons. The molecule has 1 atom stereocenters. The average Bonchev–Trinajstić information content (AvgIpc) is 3.13. The van der Waals surface area contributed by atoms with Gasteiger partial charge >= 0.3 is 0 Å². The molecule has 3 rings (SSSR count). The fourth-order valence-electron chi connectivity index (χ4n) is 3.50. The molecular weight excluding hydrogens is 368 g/mol. The smallest absolute Gasteiger partial charge is 0.227 e. The maximum Gasteiger partial charge on any atom is 0.227 e. The Bertz CT molecular complexity index is 877. The van der Waals surface area contributed by atoms with Gasteiger partial charge in [-0.15, -0.1) is 0 Å². The van der Waals surface area contributed by atoms with Gasteiger partial charge in [0.2, 0.25) is 11.8 Å². The van der Waals surface area contributed by atoms with E-state index in [1.165, 1.54) is 5.56 Å². The molecule has 29 heavy (non-hydrogen) atoms. The van der Waals surface area contributed by atoms with Crippen LogP contribution in [0.2, 0.25) is 0 Å². The van der Waals surface area contributed by atoms with Gasteiger partial charge < -0.3 is 19.7 Å². The number of ether oxygens (including phenoxy) is 2. The van der Waals surface area contributed by atoms with E-state index < -0.39 is 0 Å². The van der Waals surface area contributed by atoms with E-state index in [-0.39, 0.29) is 24.2 Å². The third kappa shape index (κ3) is 4.70. The van der Waals surface area contributed by atoms with Gasteiger partial charge in [0.1, 0.15) is 0 Å². The third-order valence-electron chi connectivity index (χ3n) is 5.28. The first-order chi connectivity index (χ1) is 13.9. The minimum Gasteiger partial charge on any atom is -0.493 e. The minimum atomic E-state index is -0.354. The van der Waals surface area contributed by atoms with Gasteiger partial charge in [-0.05, 0) is 41.3 Å². The number of carbonyl (C=O) groups excluding carboxylic acids is 2. The monoisotopic (exact) mass is 396 g/mol. The molecule has 2 aromatic rings. The molecule has 1 heterocycles. The van der Waals surface area contributed by atoms with Crippen molar-refractivity contribution in [1.82, 2.24) is 5.32 Å². The Kier molecular flexibility index (Phi) is 6.42. The lowest BCUT2D eigenvalue weighted by molar-refractivity contribution is -0.126. The zero-order valence-electron chi connectivity index (χ0n) is 17.4. The SMILES string of the molecule is COc1ccc(CNC(=O)C2CC(=O)N(c3ccc(C(C)C)cc3)C2)cc1OC. The average molecular weight is 396 g/mol. The minimum absolute atomic E-state index is 0.0198. The zero-order valence-corrected chi connectivity index (χ0v) is 17.4. The summed E-state index contributed by atoms with van der Waals surface area (Å²) in [5.41, 5.74) is 2.97. The molecular formula is C23H28N2O4. The van der Waals surface area contributed by atoms with Crippen LogP contribution in [0.3, 0.4) is 0 Å². The molecule has 1 unspecified atom stereocenters. The van der Waals surface area contributed by atoms with Crippen LogP contribution in [0.25, 0.3) is 0 Å². The van der Waals surface area contributed by atoms with Crippen molar-refractivity contribution < 1.29 is 19.1 Å². The van der Waals surface area contributed by atoms with Crippen molar-refractivity contribution in [3.63, 3.8) is 0 Å². The van der Waals surface area contributed by atoms with Crippen LogP contribution in [-0.4, -0.2) is 32.6 Å². The van der Waals surface area contributed by atoms with Crippen molar-refractivity contribution in [2.45, 2.75) is 32.7 Å². The second-order valence-electron chi connectivity index (χ2n) is 7.56. The molecule has 1 aliphatic rings. The summed E-state index contributed by atoms with van der Waals surface area (Å²) in [6.45, 7) is 5.04. The van der Waals surface area contributed by atoms with Gasteiger partial charge in [0.15, 0.2) is 11.5 Å². The molecule has 1 fully saturated rings. The molecule has 0 radical (unpaired) electrons. The molecule has 0 spiro atoms. The van der Waals surface area contributed by atoms with Crippen molar-refractivity contribution in [3.05, 3.63) is 53.6 Å². The number of rotatable bonds is 7. The number of anilines is 1. The highest BCUT2D eigenvalue weighted by Crippen LogP contribution is 2.29. The number of carbonyl (C=O) groups is 2. The van der Waals surface area contributed by atoms with Gasteiger partial charge in [0.25, 0.3) is 0 Å². The molecule has 6 heteroatoms. The Morgan fingerprint density at radius 1 is 1.10 bits per heavy atom. The fraction of sp³-hybridized carbons (Fsp3) is 0.391. The Morgan fingerprint density at radius 3 is 2.41 bits per heavy atom. The van der Waals surface area contributed by atoms with E-state index in [2.05, 4.69) is 19.2 Å². The van der Waals surface area contributed by atoms with E-state index in [4.69, 9.17) is 9.47 Å². The third-order valence-corrected chi connectivity index (χ3v) is 5.28. The van der Waals surface area contributed by atoms with Gasteiger partial charge in [0.05, 0.1) is 20.1 Å². The molecule has 2 amide bonds. The first-order valence-electron chi connectivity index (χ1n) is 9.82. The van der Waals surface area contributed by atoms with Gasteiger partial charge in [-0.3, -0.25) is 9.59 Å². The van der Waals surface area contributed by atoms with Gasteiger partial charge in [0, 0.05) is 25.2 Å². The molecule has 0 saturated carbocycles. The molecule has 2 aromatic carbocycles. The van der Waals surface area contributed by atoms with Crippen LogP contribution >= 0.6 is 0 Å². The second-order valence-corrected chi connectivity index (χ2v) is 7.56. The number of amides is 2. The summed E-state index contributed by atoms with van der Waals surface area (Å²) in [5.74, 6) is 1.21. The van der Waals surface area contributed by atoms with Crippen molar-refractivity contribution in [2.24, 2.45) is 5.92 Å². The van der Waals surface area contributed by atoms with Crippen molar-refractivity contribution >= 4 is 17.5 Å². The molecule has 1 N–H and O–H groups in total. The predicted molar refractivity (Wildman–Crippen MR) is 112 cm³/mol. The second kappa shape index (κ2) is 8.99. The van der Waals surface area contributed by atoms with Gasteiger partial charge in [-0.2, -0.15) is 0 Å². The quantitative estimate of drug-likeness (QED) is 0.778. The highest BCUT2D eigenvalue weighted by atomic mass is 16.5. The highest BCUT2D eigenvalue weighted by molar-refractivity contribution is 6.00. The molecule has 0 bridgehead atoms. The number of methoxy groups -OCH3 is 2. The van der Waals surface area contributed by atoms with Crippen molar-refractivity contribution in [3.8, 4) is 11.5 Å². The number of hydrogen-bond acceptors (Lipinski definition) is 4.